The first-order chi connectivity index (χ1) is 21.6. The summed E-state index contributed by atoms with van der Waals surface area (Å²) >= 11 is 0. The van der Waals surface area contributed by atoms with Gasteiger partial charge in [-0.15, -0.1) is 0 Å². The number of hydrogen-bond donors (Lipinski definition) is 1. The van der Waals surface area contributed by atoms with Crippen LogP contribution >= 0.6 is 0 Å². The number of rotatable bonds is 12. The predicted molar refractivity (Wildman–Crippen MR) is 180 cm³/mol. The number of halogens is 2. The fourth-order valence-corrected chi connectivity index (χ4v) is 6.39. The molecule has 45 heavy (non-hydrogen) atoms. The highest BCUT2D eigenvalue weighted by Gasteiger charge is 2.41. The number of allylic oxidation sites excluding steroid dienone is 1. The van der Waals surface area contributed by atoms with Crippen molar-refractivity contribution in [3.63, 3.8) is 0 Å². The molecule has 1 saturated carbocycles. The summed E-state index contributed by atoms with van der Waals surface area (Å²) < 4.78 is 34.7. The van der Waals surface area contributed by atoms with Gasteiger partial charge in [-0.2, -0.15) is 5.26 Å². The molecule has 238 valence electrons. The molecule has 1 aliphatic rings. The molecular formula is C39H46F2N2O2. The molecule has 0 aromatic heterocycles. The number of benzene rings is 3. The summed E-state index contributed by atoms with van der Waals surface area (Å²) in [5.41, 5.74) is 8.16. The number of carbonyl (C=O) groups excluding carboxylic acids is 1. The third-order valence-electron chi connectivity index (χ3n) is 9.01. The normalized spacial score (nSPS) is 16.3. The van der Waals surface area contributed by atoms with Crippen molar-refractivity contribution >= 4 is 17.6 Å². The number of amides is 1. The van der Waals surface area contributed by atoms with Gasteiger partial charge in [0.25, 0.3) is 11.8 Å². The molecule has 1 amide bonds. The van der Waals surface area contributed by atoms with Gasteiger partial charge in [-0.05, 0) is 110 Å². The molecular weight excluding hydrogens is 566 g/mol. The lowest BCUT2D eigenvalue weighted by atomic mass is 9.85. The summed E-state index contributed by atoms with van der Waals surface area (Å²) in [4.78, 5) is 12.8. The Kier molecular flexibility index (Phi) is 11.6. The average Bonchev–Trinajstić information content (AvgIpc) is 3.01. The minimum atomic E-state index is -2.72. The molecule has 0 radical (unpaired) electrons. The van der Waals surface area contributed by atoms with Gasteiger partial charge in [-0.1, -0.05) is 69.5 Å². The van der Waals surface area contributed by atoms with Crippen LogP contribution in [-0.4, -0.2) is 24.5 Å². The molecule has 0 saturated heterocycles. The Balaban J connectivity index is 1.52. The summed E-state index contributed by atoms with van der Waals surface area (Å²) in [6.07, 6.45) is 7.89. The van der Waals surface area contributed by atoms with Crippen molar-refractivity contribution in [2.45, 2.75) is 98.0 Å². The van der Waals surface area contributed by atoms with Crippen molar-refractivity contribution < 1.29 is 18.3 Å². The summed E-state index contributed by atoms with van der Waals surface area (Å²) in [6, 6.07) is 19.9. The van der Waals surface area contributed by atoms with Gasteiger partial charge in [0.2, 0.25) is 0 Å². The maximum absolute atomic E-state index is 14.2. The Morgan fingerprint density at radius 2 is 1.84 bits per heavy atom. The van der Waals surface area contributed by atoms with Crippen molar-refractivity contribution in [2.24, 2.45) is 5.92 Å². The molecule has 1 fully saturated rings. The van der Waals surface area contributed by atoms with Crippen LogP contribution in [0.4, 0.5) is 8.78 Å². The van der Waals surface area contributed by atoms with Gasteiger partial charge in [0.05, 0.1) is 11.7 Å². The molecule has 1 unspecified atom stereocenters. The lowest BCUT2D eigenvalue weighted by Gasteiger charge is -2.31. The lowest BCUT2D eigenvalue weighted by Crippen LogP contribution is -2.40. The molecule has 0 aliphatic heterocycles. The van der Waals surface area contributed by atoms with Crippen molar-refractivity contribution in [2.75, 3.05) is 6.54 Å². The topological polar surface area (TPSA) is 62.1 Å². The molecule has 6 heteroatoms. The number of nitrogens with zero attached hydrogens (tertiary/aromatic N) is 1. The first-order valence-electron chi connectivity index (χ1n) is 16.3. The average molecular weight is 613 g/mol. The smallest absolute Gasteiger partial charge is 0.252 e. The highest BCUT2D eigenvalue weighted by molar-refractivity contribution is 5.95. The Morgan fingerprint density at radius 1 is 1.09 bits per heavy atom. The van der Waals surface area contributed by atoms with Crippen molar-refractivity contribution in [1.82, 2.24) is 5.32 Å². The van der Waals surface area contributed by atoms with Crippen LogP contribution in [0.3, 0.4) is 0 Å². The molecule has 0 heterocycles. The second kappa shape index (κ2) is 15.3. The Labute approximate surface area is 267 Å². The molecule has 1 aliphatic carbocycles. The van der Waals surface area contributed by atoms with E-state index in [1.165, 1.54) is 0 Å². The molecule has 3 aromatic rings. The molecule has 4 rings (SSSR count). The molecule has 0 bridgehead atoms. The summed E-state index contributed by atoms with van der Waals surface area (Å²) in [7, 11) is 0. The predicted octanol–water partition coefficient (Wildman–Crippen LogP) is 10.3. The quantitative estimate of drug-likeness (QED) is 0.207. The van der Waals surface area contributed by atoms with Gasteiger partial charge >= 0.3 is 0 Å². The van der Waals surface area contributed by atoms with E-state index in [0.717, 1.165) is 71.1 Å². The second-order valence-corrected chi connectivity index (χ2v) is 12.4. The SMILES string of the molecule is CCCC(CCC)Oc1ccc(-c2cccc(/C=C(\C)c3ccc(C(=O)NCC4CCCCC4(F)F)cc3C)c2C)cc1C#N. The molecule has 1 N–H and O–H groups in total. The highest BCUT2D eigenvalue weighted by Crippen LogP contribution is 2.38. The van der Waals surface area contributed by atoms with E-state index in [1.54, 1.807) is 6.07 Å². The fourth-order valence-electron chi connectivity index (χ4n) is 6.39. The van der Waals surface area contributed by atoms with E-state index in [0.29, 0.717) is 29.7 Å². The number of hydrogen-bond acceptors (Lipinski definition) is 3. The van der Waals surface area contributed by atoms with E-state index < -0.39 is 11.8 Å². The fraction of sp³-hybridized carbons (Fsp3) is 0.436. The van der Waals surface area contributed by atoms with Crippen LogP contribution < -0.4 is 10.1 Å². The van der Waals surface area contributed by atoms with E-state index in [9.17, 15) is 18.8 Å². The van der Waals surface area contributed by atoms with Crippen LogP contribution in [0.1, 0.15) is 110 Å². The third kappa shape index (κ3) is 8.39. The Hall–Kier alpha value is -3.98. The summed E-state index contributed by atoms with van der Waals surface area (Å²) in [6.45, 7) is 10.4. The zero-order valence-corrected chi connectivity index (χ0v) is 27.3. The molecule has 0 spiro atoms. The van der Waals surface area contributed by atoms with E-state index in [1.807, 2.05) is 50.2 Å². The Morgan fingerprint density at radius 3 is 2.51 bits per heavy atom. The lowest BCUT2D eigenvalue weighted by molar-refractivity contribution is -0.0835. The zero-order chi connectivity index (χ0) is 32.6. The highest BCUT2D eigenvalue weighted by atomic mass is 19.3. The summed E-state index contributed by atoms with van der Waals surface area (Å²) in [5, 5.41) is 12.7. The van der Waals surface area contributed by atoms with Gasteiger partial charge in [0.1, 0.15) is 11.8 Å². The molecule has 4 nitrogen and oxygen atoms in total. The number of aryl methyl sites for hydroxylation is 1. The minimum Gasteiger partial charge on any atom is -0.489 e. The van der Waals surface area contributed by atoms with Gasteiger partial charge < -0.3 is 10.1 Å². The number of nitriles is 1. The largest absolute Gasteiger partial charge is 0.489 e. The summed E-state index contributed by atoms with van der Waals surface area (Å²) in [5.74, 6) is -3.21. The van der Waals surface area contributed by atoms with Gasteiger partial charge in [-0.25, -0.2) is 8.78 Å². The first-order valence-corrected chi connectivity index (χ1v) is 16.3. The first kappa shape index (κ1) is 33.9. The Bertz CT molecular complexity index is 1560. The number of ether oxygens (including phenoxy) is 1. The minimum absolute atomic E-state index is 0.00890. The van der Waals surface area contributed by atoms with Crippen LogP contribution in [0.15, 0.2) is 54.6 Å². The van der Waals surface area contributed by atoms with Crippen LogP contribution in [0, 0.1) is 31.1 Å². The standard InChI is InChI=1S/C39H46F2N2O2/c1-6-11-34(12-7-2)45-37-19-17-30(23-32(37)24-42)36-15-10-13-29(28(36)5)21-26(3)35-18-16-31(22-27(35)4)38(44)43-25-33-14-8-9-20-39(33,40)41/h10,13,15-19,21-23,33-34H,6-9,11-12,14,20,25H2,1-5H3,(H,43,44)/b26-21+. The van der Waals surface area contributed by atoms with E-state index in [4.69, 9.17) is 4.74 Å². The van der Waals surface area contributed by atoms with Crippen molar-refractivity contribution in [1.29, 1.82) is 5.26 Å². The van der Waals surface area contributed by atoms with E-state index in [-0.39, 0.29) is 25.0 Å². The van der Waals surface area contributed by atoms with E-state index >= 15 is 0 Å². The number of nitrogens with one attached hydrogen (secondary N) is 1. The zero-order valence-electron chi connectivity index (χ0n) is 27.3. The second-order valence-electron chi connectivity index (χ2n) is 12.4. The number of carbonyl (C=O) groups is 1. The van der Waals surface area contributed by atoms with Crippen molar-refractivity contribution in [3.8, 4) is 22.9 Å². The molecule has 1 atom stereocenters. The van der Waals surface area contributed by atoms with Crippen molar-refractivity contribution in [3.05, 3.63) is 88.0 Å². The van der Waals surface area contributed by atoms with Gasteiger partial charge in [0, 0.05) is 24.4 Å². The number of alkyl halides is 2. The van der Waals surface area contributed by atoms with Crippen LogP contribution in [0.5, 0.6) is 5.75 Å². The van der Waals surface area contributed by atoms with Crippen LogP contribution in [0.25, 0.3) is 22.8 Å². The van der Waals surface area contributed by atoms with E-state index in [2.05, 4.69) is 50.4 Å². The maximum Gasteiger partial charge on any atom is 0.252 e. The third-order valence-corrected chi connectivity index (χ3v) is 9.01. The van der Waals surface area contributed by atoms with Crippen LogP contribution in [0.2, 0.25) is 0 Å². The van der Waals surface area contributed by atoms with Crippen LogP contribution in [-0.2, 0) is 0 Å². The maximum atomic E-state index is 14.2. The van der Waals surface area contributed by atoms with Gasteiger partial charge in [0.15, 0.2) is 0 Å². The van der Waals surface area contributed by atoms with Gasteiger partial charge in [-0.3, -0.25) is 4.79 Å². The molecule has 3 aromatic carbocycles. The monoisotopic (exact) mass is 612 g/mol.